The van der Waals surface area contributed by atoms with Gasteiger partial charge in [0.15, 0.2) is 0 Å². The van der Waals surface area contributed by atoms with Crippen LogP contribution in [-0.4, -0.2) is 15.0 Å². The van der Waals surface area contributed by atoms with Gasteiger partial charge in [0.2, 0.25) is 5.95 Å². The molecule has 18 heavy (non-hydrogen) atoms. The van der Waals surface area contributed by atoms with Crippen LogP contribution < -0.4 is 5.32 Å². The van der Waals surface area contributed by atoms with Crippen LogP contribution in [-0.2, 0) is 5.41 Å². The number of rotatable bonds is 3. The molecule has 2 heterocycles. The number of oxazole rings is 1. The molecule has 0 fully saturated rings. The van der Waals surface area contributed by atoms with Gasteiger partial charge < -0.3 is 9.40 Å². The quantitative estimate of drug-likeness (QED) is 0.871. The largest absolute Gasteiger partial charge is 0.432 e. The number of nitrogens with zero attached hydrogens (tertiary/aromatic N) is 2. The molecule has 0 radical (unpaired) electrons. The Kier molecular flexibility index (Phi) is 3.15. The molecule has 0 unspecified atom stereocenters. The van der Waals surface area contributed by atoms with E-state index < -0.39 is 0 Å². The van der Waals surface area contributed by atoms with E-state index in [0.717, 1.165) is 11.4 Å². The lowest BCUT2D eigenvalue weighted by molar-refractivity contribution is 0.568. The minimum absolute atomic E-state index is 0.0482. The fourth-order valence-electron chi connectivity index (χ4n) is 1.48. The highest BCUT2D eigenvalue weighted by Crippen LogP contribution is 2.23. The van der Waals surface area contributed by atoms with Crippen molar-refractivity contribution < 1.29 is 4.42 Å². The minimum Gasteiger partial charge on any atom is -0.432 e. The van der Waals surface area contributed by atoms with Gasteiger partial charge in [0, 0.05) is 11.1 Å². The normalized spacial score (nSPS) is 12.1. The third-order valence-electron chi connectivity index (χ3n) is 2.72. The van der Waals surface area contributed by atoms with Crippen molar-refractivity contribution in [2.24, 2.45) is 0 Å². The van der Waals surface area contributed by atoms with Gasteiger partial charge in [0.25, 0.3) is 0 Å². The number of hydrogen-bond acceptors (Lipinski definition) is 4. The monoisotopic (exact) mass is 248 g/mol. The number of aromatic nitrogens is 3. The van der Waals surface area contributed by atoms with Crippen molar-refractivity contribution in [3.63, 3.8) is 0 Å². The van der Waals surface area contributed by atoms with Crippen molar-refractivity contribution in [1.29, 1.82) is 0 Å². The molecule has 0 saturated heterocycles. The van der Waals surface area contributed by atoms with Gasteiger partial charge in [-0.2, -0.15) is 4.98 Å². The van der Waals surface area contributed by atoms with Gasteiger partial charge in [0.1, 0.15) is 6.26 Å². The van der Waals surface area contributed by atoms with Gasteiger partial charge in [0.05, 0.1) is 11.9 Å². The molecule has 0 spiro atoms. The van der Waals surface area contributed by atoms with Crippen molar-refractivity contribution in [3.05, 3.63) is 23.8 Å². The molecule has 0 aliphatic rings. The summed E-state index contributed by atoms with van der Waals surface area (Å²) >= 11 is 0. The molecule has 98 valence electrons. The first-order valence-electron chi connectivity index (χ1n) is 6.14. The fourth-order valence-corrected chi connectivity index (χ4v) is 1.48. The molecule has 2 aromatic rings. The van der Waals surface area contributed by atoms with Gasteiger partial charge in [-0.1, -0.05) is 34.6 Å². The summed E-state index contributed by atoms with van der Waals surface area (Å²) in [7, 11) is 0. The van der Waals surface area contributed by atoms with E-state index in [1.165, 1.54) is 0 Å². The summed E-state index contributed by atoms with van der Waals surface area (Å²) in [6.45, 7) is 10.5. The van der Waals surface area contributed by atoms with Crippen molar-refractivity contribution in [2.45, 2.75) is 46.0 Å². The van der Waals surface area contributed by atoms with Crippen LogP contribution in [0.15, 0.2) is 16.9 Å². The number of H-pyrrole nitrogens is 1. The Morgan fingerprint density at radius 3 is 2.56 bits per heavy atom. The van der Waals surface area contributed by atoms with Gasteiger partial charge in [-0.3, -0.25) is 5.32 Å². The van der Waals surface area contributed by atoms with E-state index in [2.05, 4.69) is 54.9 Å². The summed E-state index contributed by atoms with van der Waals surface area (Å²) in [6, 6.07) is 0.466. The Morgan fingerprint density at radius 2 is 2.06 bits per heavy atom. The first-order chi connectivity index (χ1) is 8.36. The van der Waals surface area contributed by atoms with E-state index in [1.54, 1.807) is 6.26 Å². The molecule has 2 aromatic heterocycles. The number of imidazole rings is 1. The maximum Gasteiger partial charge on any atom is 0.301 e. The zero-order valence-electron chi connectivity index (χ0n) is 11.5. The molecule has 5 heteroatoms. The molecule has 0 aliphatic carbocycles. The van der Waals surface area contributed by atoms with Gasteiger partial charge in [-0.15, -0.1) is 0 Å². The van der Waals surface area contributed by atoms with E-state index >= 15 is 0 Å². The van der Waals surface area contributed by atoms with Crippen molar-refractivity contribution >= 4 is 12.0 Å². The highest BCUT2D eigenvalue weighted by atomic mass is 16.4. The molecule has 0 atom stereocenters. The molecule has 0 amide bonds. The van der Waals surface area contributed by atoms with E-state index in [0.29, 0.717) is 17.9 Å². The predicted octanol–water partition coefficient (Wildman–Crippen LogP) is 3.56. The van der Waals surface area contributed by atoms with Crippen LogP contribution in [0.2, 0.25) is 0 Å². The molecule has 2 N–H and O–H groups in total. The third kappa shape index (κ3) is 2.72. The molecule has 5 nitrogen and oxygen atoms in total. The van der Waals surface area contributed by atoms with E-state index in [1.807, 2.05) is 6.20 Å². The predicted molar refractivity (Wildman–Crippen MR) is 71.2 cm³/mol. The third-order valence-corrected chi connectivity index (χ3v) is 2.72. The van der Waals surface area contributed by atoms with Crippen LogP contribution in [0.1, 0.15) is 51.9 Å². The lowest BCUT2D eigenvalue weighted by Crippen LogP contribution is -2.11. The Balaban J connectivity index is 2.11. The second-order valence-electron chi connectivity index (χ2n) is 5.75. The number of hydrogen-bond donors (Lipinski definition) is 2. The minimum atomic E-state index is 0.0482. The summed E-state index contributed by atoms with van der Waals surface area (Å²) in [5.41, 5.74) is 2.05. The Labute approximate surface area is 107 Å². The lowest BCUT2D eigenvalue weighted by atomic mass is 9.93. The molecule has 2 rings (SSSR count). The SMILES string of the molecule is CC(C)c1coc(Nc2ncc(C(C)(C)C)[nH]2)n1. The molecule has 0 aliphatic heterocycles. The molecule has 0 saturated carbocycles. The van der Waals surface area contributed by atoms with E-state index in [9.17, 15) is 0 Å². The second-order valence-corrected chi connectivity index (χ2v) is 5.75. The molecule has 0 aromatic carbocycles. The zero-order chi connectivity index (χ0) is 13.3. The fraction of sp³-hybridized carbons (Fsp3) is 0.538. The zero-order valence-corrected chi connectivity index (χ0v) is 11.5. The first kappa shape index (κ1) is 12.7. The summed E-state index contributed by atoms with van der Waals surface area (Å²) < 4.78 is 5.34. The standard InChI is InChI=1S/C13H20N4O/c1-8(2)9-7-18-12(15-9)17-11-14-6-10(16-11)13(3,4)5/h6-8H,1-5H3,(H2,14,15,16,17). The van der Waals surface area contributed by atoms with Gasteiger partial charge >= 0.3 is 6.01 Å². The number of anilines is 2. The smallest absolute Gasteiger partial charge is 0.301 e. The van der Waals surface area contributed by atoms with Crippen LogP contribution >= 0.6 is 0 Å². The van der Waals surface area contributed by atoms with E-state index in [4.69, 9.17) is 4.42 Å². The number of nitrogens with one attached hydrogen (secondary N) is 2. The topological polar surface area (TPSA) is 66.7 Å². The van der Waals surface area contributed by atoms with Crippen molar-refractivity contribution in [3.8, 4) is 0 Å². The highest BCUT2D eigenvalue weighted by Gasteiger charge is 2.17. The average molecular weight is 248 g/mol. The Hall–Kier alpha value is -1.78. The summed E-state index contributed by atoms with van der Waals surface area (Å²) in [4.78, 5) is 11.8. The van der Waals surface area contributed by atoms with Gasteiger partial charge in [-0.05, 0) is 5.92 Å². The van der Waals surface area contributed by atoms with Crippen LogP contribution in [0, 0.1) is 0 Å². The maximum absolute atomic E-state index is 5.34. The Bertz CT molecular complexity index is 519. The molecular formula is C13H20N4O. The van der Waals surface area contributed by atoms with Crippen molar-refractivity contribution in [1.82, 2.24) is 15.0 Å². The van der Waals surface area contributed by atoms with Crippen LogP contribution in [0.3, 0.4) is 0 Å². The summed E-state index contributed by atoms with van der Waals surface area (Å²) in [6.07, 6.45) is 3.50. The van der Waals surface area contributed by atoms with Crippen LogP contribution in [0.25, 0.3) is 0 Å². The highest BCUT2D eigenvalue weighted by molar-refractivity contribution is 5.42. The van der Waals surface area contributed by atoms with Gasteiger partial charge in [-0.25, -0.2) is 4.98 Å². The average Bonchev–Trinajstić information content (AvgIpc) is 2.85. The van der Waals surface area contributed by atoms with Crippen LogP contribution in [0.4, 0.5) is 12.0 Å². The lowest BCUT2D eigenvalue weighted by Gasteiger charge is -2.14. The molecular weight excluding hydrogens is 228 g/mol. The Morgan fingerprint density at radius 1 is 1.33 bits per heavy atom. The maximum atomic E-state index is 5.34. The van der Waals surface area contributed by atoms with Crippen molar-refractivity contribution in [2.75, 3.05) is 5.32 Å². The first-order valence-corrected chi connectivity index (χ1v) is 6.14. The molecule has 0 bridgehead atoms. The number of aromatic amines is 1. The summed E-state index contributed by atoms with van der Waals surface area (Å²) in [5, 5.41) is 3.03. The van der Waals surface area contributed by atoms with E-state index in [-0.39, 0.29) is 5.41 Å². The second kappa shape index (κ2) is 4.48. The van der Waals surface area contributed by atoms with Crippen LogP contribution in [0.5, 0.6) is 0 Å². The summed E-state index contributed by atoms with van der Waals surface area (Å²) in [5.74, 6) is 1.00.